The zero-order valence-corrected chi connectivity index (χ0v) is 13.1. The van der Waals surface area contributed by atoms with Crippen LogP contribution in [0.15, 0.2) is 54.7 Å². The Morgan fingerprint density at radius 2 is 1.82 bits per heavy atom. The Balaban J connectivity index is 2.05. The quantitative estimate of drug-likeness (QED) is 0.826. The molecule has 2 N–H and O–H groups in total. The van der Waals surface area contributed by atoms with Gasteiger partial charge in [0.05, 0.1) is 18.3 Å². The van der Waals surface area contributed by atoms with Crippen LogP contribution in [0, 0.1) is 5.92 Å². The molecule has 4 nitrogen and oxygen atoms in total. The topological polar surface area (TPSA) is 54.0 Å². The first kappa shape index (κ1) is 16.2. The van der Waals surface area contributed by atoms with E-state index in [0.717, 1.165) is 11.3 Å². The minimum absolute atomic E-state index is 0.00515. The first-order valence-corrected chi connectivity index (χ1v) is 7.62. The van der Waals surface area contributed by atoms with E-state index in [9.17, 15) is 4.79 Å². The van der Waals surface area contributed by atoms with E-state index < -0.39 is 0 Å². The number of amides is 1. The lowest BCUT2D eigenvalue weighted by atomic mass is 10.0. The summed E-state index contributed by atoms with van der Waals surface area (Å²) >= 11 is 0. The lowest BCUT2D eigenvalue weighted by Gasteiger charge is -2.19. The second-order valence-electron chi connectivity index (χ2n) is 5.68. The van der Waals surface area contributed by atoms with Crippen LogP contribution in [0.4, 0.5) is 0 Å². The van der Waals surface area contributed by atoms with Crippen LogP contribution in [0.3, 0.4) is 0 Å². The molecular weight excluding hydrogens is 274 g/mol. The van der Waals surface area contributed by atoms with Gasteiger partial charge in [-0.1, -0.05) is 50.2 Å². The van der Waals surface area contributed by atoms with Gasteiger partial charge in [0.25, 0.3) is 0 Å². The van der Waals surface area contributed by atoms with Gasteiger partial charge < -0.3 is 5.32 Å². The Morgan fingerprint density at radius 3 is 2.45 bits per heavy atom. The summed E-state index contributed by atoms with van der Waals surface area (Å²) in [5, 5.41) is 6.22. The second-order valence-corrected chi connectivity index (χ2v) is 5.68. The van der Waals surface area contributed by atoms with Gasteiger partial charge >= 0.3 is 0 Å². The van der Waals surface area contributed by atoms with E-state index in [0.29, 0.717) is 12.5 Å². The molecule has 0 aliphatic carbocycles. The molecule has 0 radical (unpaired) electrons. The van der Waals surface area contributed by atoms with E-state index >= 15 is 0 Å². The summed E-state index contributed by atoms with van der Waals surface area (Å²) in [6.07, 6.45) is 1.77. The van der Waals surface area contributed by atoms with Crippen LogP contribution in [0.5, 0.6) is 0 Å². The summed E-state index contributed by atoms with van der Waals surface area (Å²) in [5.74, 6) is 0.454. The number of hydrogen-bond donors (Lipinski definition) is 2. The van der Waals surface area contributed by atoms with Crippen molar-refractivity contribution in [1.29, 1.82) is 0 Å². The number of hydrogen-bond acceptors (Lipinski definition) is 3. The number of carbonyl (C=O) groups excluding carboxylic acids is 1. The van der Waals surface area contributed by atoms with Crippen molar-refractivity contribution in [3.05, 3.63) is 66.0 Å². The molecule has 0 saturated carbocycles. The average Bonchev–Trinajstić information content (AvgIpc) is 2.55. The predicted octanol–water partition coefficient (Wildman–Crippen LogP) is 2.53. The molecule has 0 bridgehead atoms. The molecule has 2 rings (SSSR count). The van der Waals surface area contributed by atoms with Crippen LogP contribution < -0.4 is 10.6 Å². The van der Waals surface area contributed by atoms with Gasteiger partial charge in [0.15, 0.2) is 0 Å². The van der Waals surface area contributed by atoms with Crippen LogP contribution in [0.2, 0.25) is 0 Å². The standard InChI is InChI=1S/C18H23N3O/c1-14(2)12-20-17(22)13-21-18(15-8-4-3-5-9-15)16-10-6-7-11-19-16/h3-11,14,18,21H,12-13H2,1-2H3,(H,20,22)/t18-/m1/s1. The van der Waals surface area contributed by atoms with Crippen LogP contribution >= 0.6 is 0 Å². The number of carbonyl (C=O) groups is 1. The van der Waals surface area contributed by atoms with Crippen LogP contribution in [-0.2, 0) is 4.79 Å². The number of aromatic nitrogens is 1. The summed E-state index contributed by atoms with van der Waals surface area (Å²) in [4.78, 5) is 16.3. The van der Waals surface area contributed by atoms with E-state index in [2.05, 4.69) is 29.5 Å². The maximum atomic E-state index is 11.9. The number of nitrogens with zero attached hydrogens (tertiary/aromatic N) is 1. The lowest BCUT2D eigenvalue weighted by Crippen LogP contribution is -2.37. The maximum Gasteiger partial charge on any atom is 0.233 e. The van der Waals surface area contributed by atoms with Crippen molar-refractivity contribution in [2.45, 2.75) is 19.9 Å². The molecule has 1 heterocycles. The summed E-state index contributed by atoms with van der Waals surface area (Å²) in [6, 6.07) is 15.8. The van der Waals surface area contributed by atoms with Gasteiger partial charge in [0.1, 0.15) is 0 Å². The number of rotatable bonds is 7. The van der Waals surface area contributed by atoms with Gasteiger partial charge in [-0.2, -0.15) is 0 Å². The van der Waals surface area contributed by atoms with Crippen molar-refractivity contribution >= 4 is 5.91 Å². The van der Waals surface area contributed by atoms with Crippen molar-refractivity contribution in [2.24, 2.45) is 5.92 Å². The Kier molecular flexibility index (Phi) is 6.10. The zero-order valence-electron chi connectivity index (χ0n) is 13.1. The van der Waals surface area contributed by atoms with E-state index in [-0.39, 0.29) is 18.5 Å². The molecule has 0 spiro atoms. The molecule has 0 aliphatic rings. The van der Waals surface area contributed by atoms with Gasteiger partial charge in [0, 0.05) is 12.7 Å². The van der Waals surface area contributed by atoms with Crippen molar-refractivity contribution in [2.75, 3.05) is 13.1 Å². The van der Waals surface area contributed by atoms with Gasteiger partial charge in [0.2, 0.25) is 5.91 Å². The maximum absolute atomic E-state index is 11.9. The summed E-state index contributed by atoms with van der Waals surface area (Å²) in [6.45, 7) is 5.12. The number of pyridine rings is 1. The lowest BCUT2D eigenvalue weighted by molar-refractivity contribution is -0.120. The van der Waals surface area contributed by atoms with Crippen LogP contribution in [-0.4, -0.2) is 24.0 Å². The summed E-state index contributed by atoms with van der Waals surface area (Å²) in [7, 11) is 0. The molecular formula is C18H23N3O. The highest BCUT2D eigenvalue weighted by Crippen LogP contribution is 2.19. The van der Waals surface area contributed by atoms with Crippen molar-refractivity contribution < 1.29 is 4.79 Å². The molecule has 2 aromatic rings. The minimum atomic E-state index is -0.0906. The third-order valence-corrected chi connectivity index (χ3v) is 3.29. The molecule has 22 heavy (non-hydrogen) atoms. The Hall–Kier alpha value is -2.20. The van der Waals surface area contributed by atoms with E-state index in [1.165, 1.54) is 0 Å². The van der Waals surface area contributed by atoms with Crippen molar-refractivity contribution in [3.63, 3.8) is 0 Å². The van der Waals surface area contributed by atoms with Crippen LogP contribution in [0.1, 0.15) is 31.1 Å². The molecule has 116 valence electrons. The first-order valence-electron chi connectivity index (χ1n) is 7.62. The highest BCUT2D eigenvalue weighted by molar-refractivity contribution is 5.78. The normalized spacial score (nSPS) is 12.1. The number of benzene rings is 1. The summed E-state index contributed by atoms with van der Waals surface area (Å²) in [5.41, 5.74) is 2.00. The highest BCUT2D eigenvalue weighted by Gasteiger charge is 2.15. The largest absolute Gasteiger partial charge is 0.355 e. The highest BCUT2D eigenvalue weighted by atomic mass is 16.1. The van der Waals surface area contributed by atoms with Gasteiger partial charge in [-0.05, 0) is 23.6 Å². The van der Waals surface area contributed by atoms with Crippen molar-refractivity contribution in [1.82, 2.24) is 15.6 Å². The molecule has 1 aromatic heterocycles. The first-order chi connectivity index (χ1) is 10.7. The Morgan fingerprint density at radius 1 is 1.09 bits per heavy atom. The molecule has 0 aliphatic heterocycles. The van der Waals surface area contributed by atoms with Gasteiger partial charge in [-0.25, -0.2) is 0 Å². The monoisotopic (exact) mass is 297 g/mol. The fourth-order valence-corrected chi connectivity index (χ4v) is 2.16. The molecule has 1 amide bonds. The minimum Gasteiger partial charge on any atom is -0.355 e. The molecule has 0 fully saturated rings. The van der Waals surface area contributed by atoms with Gasteiger partial charge in [-0.3, -0.25) is 15.1 Å². The van der Waals surface area contributed by atoms with Gasteiger partial charge in [-0.15, -0.1) is 0 Å². The molecule has 1 atom stereocenters. The third-order valence-electron chi connectivity index (χ3n) is 3.29. The molecule has 0 unspecified atom stereocenters. The smallest absolute Gasteiger partial charge is 0.233 e. The predicted molar refractivity (Wildman–Crippen MR) is 88.4 cm³/mol. The van der Waals surface area contributed by atoms with E-state index in [4.69, 9.17) is 0 Å². The molecule has 0 saturated heterocycles. The van der Waals surface area contributed by atoms with E-state index in [1.807, 2.05) is 48.5 Å². The average molecular weight is 297 g/mol. The van der Waals surface area contributed by atoms with E-state index in [1.54, 1.807) is 6.20 Å². The van der Waals surface area contributed by atoms with Crippen LogP contribution in [0.25, 0.3) is 0 Å². The number of nitrogens with one attached hydrogen (secondary N) is 2. The third kappa shape index (κ3) is 4.97. The second kappa shape index (κ2) is 8.29. The fourth-order valence-electron chi connectivity index (χ4n) is 2.16. The molecule has 1 aromatic carbocycles. The molecule has 4 heteroatoms. The fraction of sp³-hybridized carbons (Fsp3) is 0.333. The SMILES string of the molecule is CC(C)CNC(=O)CN[C@H](c1ccccc1)c1ccccn1. The Bertz CT molecular complexity index is 530. The Labute approximate surface area is 132 Å². The van der Waals surface area contributed by atoms with Crippen molar-refractivity contribution in [3.8, 4) is 0 Å². The summed E-state index contributed by atoms with van der Waals surface area (Å²) < 4.78 is 0. The zero-order chi connectivity index (χ0) is 15.8.